The van der Waals surface area contributed by atoms with Crippen LogP contribution in [0.4, 0.5) is 19.0 Å². The third-order valence-electron chi connectivity index (χ3n) is 6.10. The molecule has 0 bridgehead atoms. The minimum Gasteiger partial charge on any atom is -0.355 e. The van der Waals surface area contributed by atoms with Crippen LogP contribution in [0, 0.1) is 5.92 Å². The van der Waals surface area contributed by atoms with Gasteiger partial charge >= 0.3 is 6.18 Å². The smallest absolute Gasteiger partial charge is 0.355 e. The third-order valence-corrected chi connectivity index (χ3v) is 6.10. The number of amides is 2. The molecule has 2 aliphatic rings. The van der Waals surface area contributed by atoms with Crippen molar-refractivity contribution in [2.45, 2.75) is 25.9 Å². The monoisotopic (exact) mass is 468 g/mol. The Morgan fingerprint density at radius 1 is 1.06 bits per heavy atom. The zero-order chi connectivity index (χ0) is 23.6. The number of piperidine rings is 1. The van der Waals surface area contributed by atoms with Crippen LogP contribution in [-0.4, -0.2) is 93.8 Å². The van der Waals surface area contributed by atoms with Gasteiger partial charge in [-0.15, -0.1) is 15.3 Å². The molecule has 1 N–H and O–H groups in total. The Morgan fingerprint density at radius 3 is 2.39 bits per heavy atom. The van der Waals surface area contributed by atoms with E-state index >= 15 is 0 Å². The maximum absolute atomic E-state index is 13.1. The number of nitrogens with one attached hydrogen (secondary N) is 1. The zero-order valence-electron chi connectivity index (χ0n) is 18.4. The number of fused-ring (bicyclic) bond motifs is 1. The van der Waals surface area contributed by atoms with E-state index in [1.165, 1.54) is 6.07 Å². The van der Waals surface area contributed by atoms with E-state index in [0.29, 0.717) is 75.5 Å². The highest BCUT2D eigenvalue weighted by Crippen LogP contribution is 2.29. The summed E-state index contributed by atoms with van der Waals surface area (Å²) in [4.78, 5) is 30.5. The predicted octanol–water partition coefficient (Wildman–Crippen LogP) is 0.640. The second kappa shape index (κ2) is 9.49. The molecule has 2 amide bonds. The fraction of sp³-hybridized carbons (Fsp3) is 0.650. The average molecular weight is 468 g/mol. The lowest BCUT2D eigenvalue weighted by atomic mass is 9.95. The number of aromatic nitrogens is 4. The van der Waals surface area contributed by atoms with Crippen LogP contribution in [0.15, 0.2) is 12.1 Å². The van der Waals surface area contributed by atoms with Crippen molar-refractivity contribution in [3.8, 4) is 0 Å². The van der Waals surface area contributed by atoms with Gasteiger partial charge in [-0.2, -0.15) is 17.7 Å². The first-order valence-electron chi connectivity index (χ1n) is 11.1. The maximum atomic E-state index is 13.1. The molecule has 2 aromatic rings. The highest BCUT2D eigenvalue weighted by Gasteiger charge is 2.38. The van der Waals surface area contributed by atoms with E-state index in [0.717, 1.165) is 0 Å². The summed E-state index contributed by atoms with van der Waals surface area (Å²) in [6.07, 6.45) is -3.44. The summed E-state index contributed by atoms with van der Waals surface area (Å²) < 4.78 is 40.1. The average Bonchev–Trinajstić information content (AvgIpc) is 3.23. The molecular formula is C20H27F3N8O2. The van der Waals surface area contributed by atoms with Gasteiger partial charge in [0.25, 0.3) is 5.82 Å². The van der Waals surface area contributed by atoms with Gasteiger partial charge in [0.1, 0.15) is 5.82 Å². The lowest BCUT2D eigenvalue weighted by molar-refractivity contribution is -0.146. The summed E-state index contributed by atoms with van der Waals surface area (Å²) in [5.41, 5.74) is 0.0301. The van der Waals surface area contributed by atoms with Gasteiger partial charge in [-0.05, 0) is 31.9 Å². The Hall–Kier alpha value is -2.96. The number of rotatable bonds is 5. The van der Waals surface area contributed by atoms with Gasteiger partial charge in [0.2, 0.25) is 11.8 Å². The van der Waals surface area contributed by atoms with Gasteiger partial charge in [-0.1, -0.05) is 0 Å². The van der Waals surface area contributed by atoms with Crippen LogP contribution in [0.2, 0.25) is 0 Å². The fourth-order valence-corrected chi connectivity index (χ4v) is 4.32. The zero-order valence-corrected chi connectivity index (χ0v) is 18.4. The van der Waals surface area contributed by atoms with E-state index < -0.39 is 12.0 Å². The first kappa shape index (κ1) is 23.2. The number of anilines is 1. The van der Waals surface area contributed by atoms with E-state index in [4.69, 9.17) is 0 Å². The molecule has 4 rings (SSSR count). The van der Waals surface area contributed by atoms with Crippen molar-refractivity contribution in [3.05, 3.63) is 18.0 Å². The molecule has 2 aromatic heterocycles. The Labute approximate surface area is 188 Å². The first-order valence-corrected chi connectivity index (χ1v) is 11.1. The molecule has 0 aromatic carbocycles. The summed E-state index contributed by atoms with van der Waals surface area (Å²) in [6, 6.07) is 3.09. The molecule has 13 heteroatoms. The summed E-state index contributed by atoms with van der Waals surface area (Å²) >= 11 is 0. The van der Waals surface area contributed by atoms with Crippen molar-refractivity contribution in [2.24, 2.45) is 5.92 Å². The van der Waals surface area contributed by atoms with E-state index in [9.17, 15) is 22.8 Å². The van der Waals surface area contributed by atoms with Crippen molar-refractivity contribution in [3.63, 3.8) is 0 Å². The first-order chi connectivity index (χ1) is 15.8. The van der Waals surface area contributed by atoms with Gasteiger partial charge in [0, 0.05) is 51.7 Å². The number of halogens is 3. The second-order valence-electron chi connectivity index (χ2n) is 8.30. The number of alkyl halides is 3. The van der Waals surface area contributed by atoms with Crippen molar-refractivity contribution >= 4 is 23.3 Å². The predicted molar refractivity (Wildman–Crippen MR) is 112 cm³/mol. The van der Waals surface area contributed by atoms with E-state index in [2.05, 4.69) is 20.6 Å². The number of likely N-dealkylation sites (N-methyl/N-ethyl adjacent to an activating group) is 1. The Balaban J connectivity index is 1.31. The van der Waals surface area contributed by atoms with Crippen molar-refractivity contribution in [1.29, 1.82) is 0 Å². The molecular weight excluding hydrogens is 441 g/mol. The molecule has 180 valence electrons. The molecule has 0 atom stereocenters. The van der Waals surface area contributed by atoms with Crippen LogP contribution >= 0.6 is 0 Å². The highest BCUT2D eigenvalue weighted by atomic mass is 19.4. The molecule has 2 aliphatic heterocycles. The third kappa shape index (κ3) is 5.18. The van der Waals surface area contributed by atoms with Gasteiger partial charge in [-0.25, -0.2) is 0 Å². The number of carbonyl (C=O) groups is 2. The van der Waals surface area contributed by atoms with Crippen molar-refractivity contribution in [2.75, 3.05) is 57.3 Å². The minimum absolute atomic E-state index is 0.00901. The molecule has 2 fully saturated rings. The Morgan fingerprint density at radius 2 is 1.76 bits per heavy atom. The molecule has 0 spiro atoms. The Bertz CT molecular complexity index is 995. The molecule has 0 unspecified atom stereocenters. The summed E-state index contributed by atoms with van der Waals surface area (Å²) in [5, 5.41) is 13.6. The van der Waals surface area contributed by atoms with E-state index in [-0.39, 0.29) is 23.4 Å². The van der Waals surface area contributed by atoms with E-state index in [1.54, 1.807) is 6.07 Å². The molecule has 10 nitrogen and oxygen atoms in total. The normalized spacial score (nSPS) is 18.7. The second-order valence-corrected chi connectivity index (χ2v) is 8.30. The molecule has 0 aliphatic carbocycles. The van der Waals surface area contributed by atoms with Crippen molar-refractivity contribution < 1.29 is 22.8 Å². The summed E-state index contributed by atoms with van der Waals surface area (Å²) in [7, 11) is 0. The van der Waals surface area contributed by atoms with Crippen LogP contribution in [-0.2, 0) is 15.8 Å². The van der Waals surface area contributed by atoms with E-state index in [1.807, 2.05) is 21.6 Å². The number of carbonyl (C=O) groups excluding carboxylic acids is 2. The largest absolute Gasteiger partial charge is 0.453 e. The molecule has 0 saturated carbocycles. The molecule has 4 heterocycles. The van der Waals surface area contributed by atoms with Gasteiger partial charge in [0.05, 0.1) is 6.54 Å². The fourth-order valence-electron chi connectivity index (χ4n) is 4.32. The summed E-state index contributed by atoms with van der Waals surface area (Å²) in [5.74, 6) is -0.784. The van der Waals surface area contributed by atoms with Gasteiger partial charge in [-0.3, -0.25) is 14.5 Å². The number of piperazine rings is 1. The van der Waals surface area contributed by atoms with Crippen LogP contribution < -0.4 is 10.2 Å². The lowest BCUT2D eigenvalue weighted by Gasteiger charge is -2.38. The molecule has 2 saturated heterocycles. The molecule has 33 heavy (non-hydrogen) atoms. The highest BCUT2D eigenvalue weighted by molar-refractivity contribution is 5.80. The molecule has 0 radical (unpaired) electrons. The van der Waals surface area contributed by atoms with Gasteiger partial charge < -0.3 is 15.1 Å². The Kier molecular flexibility index (Phi) is 6.68. The topological polar surface area (TPSA) is 99.0 Å². The minimum atomic E-state index is -4.64. The van der Waals surface area contributed by atoms with Crippen molar-refractivity contribution in [1.82, 2.24) is 34.9 Å². The number of hydrogen-bond acceptors (Lipinski definition) is 7. The quantitative estimate of drug-likeness (QED) is 0.688. The maximum Gasteiger partial charge on any atom is 0.453 e. The summed E-state index contributed by atoms with van der Waals surface area (Å²) in [6.45, 7) is 6.36. The van der Waals surface area contributed by atoms with Crippen LogP contribution in [0.5, 0.6) is 0 Å². The van der Waals surface area contributed by atoms with Crippen LogP contribution in [0.1, 0.15) is 25.6 Å². The van der Waals surface area contributed by atoms with Gasteiger partial charge in [0.15, 0.2) is 5.65 Å². The SMILES string of the molecule is CCNC(=O)CN1CCN(C(=O)C2CCN(c3ccc4nnc(C(F)(F)F)n4n3)CC2)CC1. The number of nitrogens with zero attached hydrogens (tertiary/aromatic N) is 7. The standard InChI is InChI=1S/C20H27F3N8O2/c1-2-24-17(32)13-28-9-11-30(12-10-28)18(33)14-5-7-29(8-6-14)16-4-3-15-25-26-19(20(21,22)23)31(15)27-16/h3-4,14H,2,5-13H2,1H3,(H,24,32). The van der Waals surface area contributed by atoms with Crippen LogP contribution in [0.25, 0.3) is 5.65 Å². The van der Waals surface area contributed by atoms with Crippen LogP contribution in [0.3, 0.4) is 0 Å². The number of hydrogen-bond donors (Lipinski definition) is 1. The lowest BCUT2D eigenvalue weighted by Crippen LogP contribution is -2.53.